The van der Waals surface area contributed by atoms with Gasteiger partial charge in [0.05, 0.1) is 67.5 Å². The molecular weight excluding hydrogens is 520 g/mol. The van der Waals surface area contributed by atoms with Gasteiger partial charge in [0.15, 0.2) is 0 Å². The highest BCUT2D eigenvalue weighted by Crippen LogP contribution is 2.24. The van der Waals surface area contributed by atoms with Gasteiger partial charge in [0.25, 0.3) is 0 Å². The molecule has 238 valence electrons. The summed E-state index contributed by atoms with van der Waals surface area (Å²) < 4.78 is 24.1. The van der Waals surface area contributed by atoms with E-state index in [2.05, 4.69) is 0 Å². The van der Waals surface area contributed by atoms with Crippen LogP contribution in [0.4, 0.5) is 0 Å². The molecule has 0 aliphatic heterocycles. The quantitative estimate of drug-likeness (QED) is 0.141. The van der Waals surface area contributed by atoms with E-state index in [9.17, 15) is 30.0 Å². The average molecular weight is 579 g/mol. The molecule has 40 heavy (non-hydrogen) atoms. The zero-order chi connectivity index (χ0) is 31.2. The van der Waals surface area contributed by atoms with E-state index in [1.54, 1.807) is 0 Å². The average Bonchev–Trinajstić information content (AvgIpc) is 2.75. The molecule has 10 heteroatoms. The summed E-state index contributed by atoms with van der Waals surface area (Å²) in [6.45, 7) is 18.5. The van der Waals surface area contributed by atoms with E-state index >= 15 is 0 Å². The number of aliphatic hydroxyl groups excluding tert-OH is 4. The molecule has 0 saturated heterocycles. The van der Waals surface area contributed by atoms with Crippen molar-refractivity contribution in [2.24, 2.45) is 5.92 Å². The number of Topliss-reactive ketones (excluding diaryl/α,β-unsaturated/α-hetero) is 1. The Morgan fingerprint density at radius 3 is 1.60 bits per heavy atom. The molecule has 10 nitrogen and oxygen atoms in total. The van der Waals surface area contributed by atoms with E-state index in [1.807, 2.05) is 62.3 Å². The van der Waals surface area contributed by atoms with Gasteiger partial charge >= 0.3 is 5.97 Å². The largest absolute Gasteiger partial charge is 0.459 e. The number of hydrogen-bond donors (Lipinski definition) is 4. The maximum atomic E-state index is 13.0. The van der Waals surface area contributed by atoms with Gasteiger partial charge in [-0.25, -0.2) is 0 Å². The zero-order valence-electron chi connectivity index (χ0n) is 26.4. The molecule has 0 amide bonds. The fraction of sp³-hybridized carbons (Fsp3) is 0.933. The van der Waals surface area contributed by atoms with E-state index in [1.165, 1.54) is 6.92 Å². The molecule has 0 fully saturated rings. The fourth-order valence-corrected chi connectivity index (χ4v) is 4.49. The van der Waals surface area contributed by atoms with Crippen molar-refractivity contribution >= 4 is 11.8 Å². The van der Waals surface area contributed by atoms with Gasteiger partial charge in [-0.2, -0.15) is 0 Å². The summed E-state index contributed by atoms with van der Waals surface area (Å²) >= 11 is 0. The van der Waals surface area contributed by atoms with Gasteiger partial charge in [-0.1, -0.05) is 13.8 Å². The highest BCUT2D eigenvalue weighted by atomic mass is 16.6. The van der Waals surface area contributed by atoms with Crippen molar-refractivity contribution in [2.75, 3.05) is 0 Å². The van der Waals surface area contributed by atoms with Gasteiger partial charge < -0.3 is 39.4 Å². The van der Waals surface area contributed by atoms with Crippen molar-refractivity contribution < 1.29 is 49.0 Å². The maximum Gasteiger partial charge on any atom is 0.308 e. The summed E-state index contributed by atoms with van der Waals surface area (Å²) in [5.41, 5.74) is 0. The summed E-state index contributed by atoms with van der Waals surface area (Å²) in [6, 6.07) is 0. The van der Waals surface area contributed by atoms with Gasteiger partial charge in [0, 0.05) is 38.0 Å². The molecule has 0 aliphatic rings. The second-order valence-corrected chi connectivity index (χ2v) is 12.2. The first kappa shape index (κ1) is 38.9. The van der Waals surface area contributed by atoms with Gasteiger partial charge in [0.2, 0.25) is 0 Å². The van der Waals surface area contributed by atoms with Gasteiger partial charge in [-0.05, 0) is 55.4 Å². The molecule has 4 N–H and O–H groups in total. The number of ketones is 1. The second-order valence-electron chi connectivity index (χ2n) is 12.2. The van der Waals surface area contributed by atoms with Gasteiger partial charge in [-0.15, -0.1) is 0 Å². The minimum absolute atomic E-state index is 0.0119. The first-order valence-corrected chi connectivity index (χ1v) is 14.8. The number of esters is 1. The monoisotopic (exact) mass is 578 g/mol. The summed E-state index contributed by atoms with van der Waals surface area (Å²) in [5, 5.41) is 40.0. The van der Waals surface area contributed by atoms with Crippen LogP contribution < -0.4 is 0 Å². The van der Waals surface area contributed by atoms with E-state index in [4.69, 9.17) is 18.9 Å². The molecular formula is C30H58O10. The molecule has 0 aromatic carbocycles. The normalized spacial score (nSPS) is 18.4. The number of ether oxygens (including phenoxy) is 4. The van der Waals surface area contributed by atoms with Crippen LogP contribution in [-0.4, -0.2) is 99.3 Å². The molecule has 0 saturated carbocycles. The Labute approximate surface area is 241 Å². The number of carbonyl (C=O) groups excluding carboxylic acids is 2. The second kappa shape index (κ2) is 19.9. The van der Waals surface area contributed by atoms with Crippen molar-refractivity contribution in [3.05, 3.63) is 0 Å². The van der Waals surface area contributed by atoms with Crippen LogP contribution in [0.1, 0.15) is 108 Å². The third kappa shape index (κ3) is 18.3. The van der Waals surface area contributed by atoms with E-state index in [0.717, 1.165) is 0 Å². The minimum atomic E-state index is -1.31. The SMILES string of the molecule is CC(O)CC(O)C(O)CC(O)CC(=O)OC(CC(CC(=O)C(C)C)OC(C)C)C(CC(C)OC(C)C)OC(C)C. The van der Waals surface area contributed by atoms with Gasteiger partial charge in [-0.3, -0.25) is 9.59 Å². The van der Waals surface area contributed by atoms with Crippen LogP contribution in [0.3, 0.4) is 0 Å². The lowest BCUT2D eigenvalue weighted by molar-refractivity contribution is -0.171. The molecule has 0 radical (unpaired) electrons. The summed E-state index contributed by atoms with van der Waals surface area (Å²) in [6.07, 6.45) is -7.04. The Kier molecular flexibility index (Phi) is 19.3. The van der Waals surface area contributed by atoms with Crippen LogP contribution in [0.2, 0.25) is 0 Å². The Morgan fingerprint density at radius 1 is 0.600 bits per heavy atom. The first-order chi connectivity index (χ1) is 18.4. The maximum absolute atomic E-state index is 13.0. The summed E-state index contributed by atoms with van der Waals surface area (Å²) in [5.74, 6) is -0.844. The first-order valence-electron chi connectivity index (χ1n) is 14.8. The molecule has 8 atom stereocenters. The molecule has 8 unspecified atom stereocenters. The van der Waals surface area contributed by atoms with Crippen molar-refractivity contribution in [3.63, 3.8) is 0 Å². The zero-order valence-corrected chi connectivity index (χ0v) is 26.4. The Balaban J connectivity index is 5.87. The van der Waals surface area contributed by atoms with Crippen LogP contribution in [-0.2, 0) is 28.5 Å². The summed E-state index contributed by atoms with van der Waals surface area (Å²) in [4.78, 5) is 25.6. The van der Waals surface area contributed by atoms with E-state index < -0.39 is 55.1 Å². The van der Waals surface area contributed by atoms with Crippen LogP contribution in [0.25, 0.3) is 0 Å². The molecule has 0 rings (SSSR count). The van der Waals surface area contributed by atoms with Crippen LogP contribution in [0, 0.1) is 5.92 Å². The lowest BCUT2D eigenvalue weighted by Gasteiger charge is -2.34. The Morgan fingerprint density at radius 2 is 1.12 bits per heavy atom. The molecule has 0 aromatic rings. The van der Waals surface area contributed by atoms with Crippen LogP contribution >= 0.6 is 0 Å². The standard InChI is InChI=1S/C30H58O10/c1-17(2)25(33)15-24(38-19(5)6)16-29(28(39-20(7)8)12-22(10)37-18(3)4)40-30(36)14-23(32)13-27(35)26(34)11-21(9)31/h17-24,26-29,31-32,34-35H,11-16H2,1-10H3. The third-order valence-corrected chi connectivity index (χ3v) is 6.19. The molecule has 0 aromatic heterocycles. The van der Waals surface area contributed by atoms with Crippen molar-refractivity contribution in [3.8, 4) is 0 Å². The predicted octanol–water partition coefficient (Wildman–Crippen LogP) is 3.33. The third-order valence-electron chi connectivity index (χ3n) is 6.19. The number of rotatable bonds is 22. The van der Waals surface area contributed by atoms with E-state index in [0.29, 0.717) is 6.42 Å². The Hall–Kier alpha value is -1.14. The minimum Gasteiger partial charge on any atom is -0.459 e. The predicted molar refractivity (Wildman–Crippen MR) is 153 cm³/mol. The Bertz CT molecular complexity index is 694. The number of hydrogen-bond acceptors (Lipinski definition) is 10. The number of carbonyl (C=O) groups is 2. The van der Waals surface area contributed by atoms with Crippen molar-refractivity contribution in [1.82, 2.24) is 0 Å². The molecule has 0 heterocycles. The topological polar surface area (TPSA) is 152 Å². The lowest BCUT2D eigenvalue weighted by atomic mass is 9.95. The van der Waals surface area contributed by atoms with E-state index in [-0.39, 0.29) is 61.8 Å². The molecule has 0 bridgehead atoms. The number of aliphatic hydroxyl groups is 4. The van der Waals surface area contributed by atoms with Crippen LogP contribution in [0.5, 0.6) is 0 Å². The fourth-order valence-electron chi connectivity index (χ4n) is 4.49. The highest BCUT2D eigenvalue weighted by molar-refractivity contribution is 5.80. The van der Waals surface area contributed by atoms with Crippen LogP contribution in [0.15, 0.2) is 0 Å². The van der Waals surface area contributed by atoms with Crippen molar-refractivity contribution in [2.45, 2.75) is 175 Å². The highest BCUT2D eigenvalue weighted by Gasteiger charge is 2.34. The molecule has 0 aliphatic carbocycles. The molecule has 0 spiro atoms. The smallest absolute Gasteiger partial charge is 0.308 e. The lowest BCUT2D eigenvalue weighted by Crippen LogP contribution is -2.42. The van der Waals surface area contributed by atoms with Gasteiger partial charge in [0.1, 0.15) is 11.9 Å². The summed E-state index contributed by atoms with van der Waals surface area (Å²) in [7, 11) is 0. The van der Waals surface area contributed by atoms with Crippen molar-refractivity contribution in [1.29, 1.82) is 0 Å².